The summed E-state index contributed by atoms with van der Waals surface area (Å²) in [6.07, 6.45) is 1.50. The van der Waals surface area contributed by atoms with Gasteiger partial charge in [0.05, 0.1) is 5.02 Å². The Hall–Kier alpha value is -1.99. The number of amides is 1. The molecule has 1 atom stereocenters. The summed E-state index contributed by atoms with van der Waals surface area (Å²) in [7, 11) is 0. The highest BCUT2D eigenvalue weighted by Crippen LogP contribution is 2.47. The van der Waals surface area contributed by atoms with Crippen LogP contribution in [0.1, 0.15) is 27.2 Å². The number of pyridine rings is 1. The fourth-order valence-electron chi connectivity index (χ4n) is 3.58. The van der Waals surface area contributed by atoms with Crippen molar-refractivity contribution in [2.24, 2.45) is 0 Å². The van der Waals surface area contributed by atoms with E-state index in [0.717, 1.165) is 6.07 Å². The molecule has 142 valence electrons. The number of hydrogen-bond donors (Lipinski definition) is 1. The Kier molecular flexibility index (Phi) is 4.91. The molecular weight excluding hydrogens is 470 g/mol. The number of carbonyl (C=O) groups is 1. The standard InChI is InChI=1S/C20H12BrCl2FN2O2/c21-11-1-5-16-15(7-11)19(27)26(28)20(16,9-14-4-2-13(23)10-25-14)17-6-3-12(22)8-18(17)24/h1-8,10,28H,9H2. The van der Waals surface area contributed by atoms with E-state index in [2.05, 4.69) is 20.9 Å². The Morgan fingerprint density at radius 2 is 1.79 bits per heavy atom. The number of nitrogens with zero attached hydrogens (tertiary/aromatic N) is 2. The molecule has 3 aromatic rings. The number of aromatic nitrogens is 1. The maximum atomic E-state index is 15.0. The van der Waals surface area contributed by atoms with Gasteiger partial charge in [0, 0.05) is 38.9 Å². The van der Waals surface area contributed by atoms with Crippen molar-refractivity contribution in [2.75, 3.05) is 0 Å². The van der Waals surface area contributed by atoms with Gasteiger partial charge in [-0.15, -0.1) is 0 Å². The molecule has 1 amide bonds. The molecule has 1 unspecified atom stereocenters. The summed E-state index contributed by atoms with van der Waals surface area (Å²) in [5, 5.41) is 12.1. The molecule has 0 spiro atoms. The second-order valence-corrected chi connectivity index (χ2v) is 8.22. The summed E-state index contributed by atoms with van der Waals surface area (Å²) in [6.45, 7) is 0. The maximum absolute atomic E-state index is 15.0. The smallest absolute Gasteiger partial charge is 0.278 e. The minimum Gasteiger partial charge on any atom is -0.284 e. The van der Waals surface area contributed by atoms with Crippen molar-refractivity contribution in [1.82, 2.24) is 10.0 Å². The molecule has 0 saturated heterocycles. The van der Waals surface area contributed by atoms with Gasteiger partial charge in [-0.25, -0.2) is 9.45 Å². The second kappa shape index (κ2) is 7.12. The number of hydroxylamine groups is 2. The van der Waals surface area contributed by atoms with Gasteiger partial charge in [0.2, 0.25) is 0 Å². The Labute approximate surface area is 178 Å². The van der Waals surface area contributed by atoms with Crippen LogP contribution in [0.4, 0.5) is 4.39 Å². The topological polar surface area (TPSA) is 53.4 Å². The van der Waals surface area contributed by atoms with E-state index in [1.54, 1.807) is 30.3 Å². The SMILES string of the molecule is O=C1c2cc(Br)ccc2C(Cc2ccc(Cl)cn2)(c2ccc(Cl)cc2F)N1O. The predicted octanol–water partition coefficient (Wildman–Crippen LogP) is 5.62. The summed E-state index contributed by atoms with van der Waals surface area (Å²) in [6, 6.07) is 12.5. The highest BCUT2D eigenvalue weighted by Gasteiger charge is 2.52. The van der Waals surface area contributed by atoms with Gasteiger partial charge in [-0.1, -0.05) is 51.3 Å². The van der Waals surface area contributed by atoms with Crippen molar-refractivity contribution < 1.29 is 14.4 Å². The van der Waals surface area contributed by atoms with Crippen molar-refractivity contribution in [2.45, 2.75) is 12.0 Å². The van der Waals surface area contributed by atoms with E-state index < -0.39 is 17.3 Å². The molecule has 4 nitrogen and oxygen atoms in total. The molecule has 1 N–H and O–H groups in total. The van der Waals surface area contributed by atoms with Gasteiger partial charge >= 0.3 is 0 Å². The third-order valence-corrected chi connectivity index (χ3v) is 5.77. The molecule has 0 radical (unpaired) electrons. The fourth-order valence-corrected chi connectivity index (χ4v) is 4.21. The number of halogens is 4. The first-order valence-electron chi connectivity index (χ1n) is 8.22. The highest BCUT2D eigenvalue weighted by atomic mass is 79.9. The number of carbonyl (C=O) groups excluding carboxylic acids is 1. The van der Waals surface area contributed by atoms with E-state index in [0.29, 0.717) is 25.8 Å². The zero-order chi connectivity index (χ0) is 20.1. The van der Waals surface area contributed by atoms with Crippen molar-refractivity contribution in [3.63, 3.8) is 0 Å². The van der Waals surface area contributed by atoms with Gasteiger partial charge in [0.1, 0.15) is 11.4 Å². The summed E-state index contributed by atoms with van der Waals surface area (Å²) in [5.74, 6) is -1.26. The van der Waals surface area contributed by atoms with Crippen LogP contribution in [0.2, 0.25) is 10.0 Å². The van der Waals surface area contributed by atoms with Gasteiger partial charge in [-0.3, -0.25) is 15.0 Å². The normalized spacial score (nSPS) is 18.5. The Bertz CT molecular complexity index is 1090. The Morgan fingerprint density at radius 1 is 1.07 bits per heavy atom. The molecule has 0 bridgehead atoms. The lowest BCUT2D eigenvalue weighted by molar-refractivity contribution is -0.115. The largest absolute Gasteiger partial charge is 0.284 e. The average Bonchev–Trinajstić information content (AvgIpc) is 2.86. The molecule has 0 fully saturated rings. The number of rotatable bonds is 3. The van der Waals surface area contributed by atoms with Gasteiger partial charge in [0.25, 0.3) is 5.91 Å². The third-order valence-electron chi connectivity index (χ3n) is 4.81. The van der Waals surface area contributed by atoms with Crippen molar-refractivity contribution in [3.8, 4) is 0 Å². The van der Waals surface area contributed by atoms with Crippen LogP contribution in [0.5, 0.6) is 0 Å². The van der Waals surface area contributed by atoms with Crippen molar-refractivity contribution in [1.29, 1.82) is 0 Å². The van der Waals surface area contributed by atoms with Crippen LogP contribution in [0, 0.1) is 5.82 Å². The zero-order valence-corrected chi connectivity index (χ0v) is 17.3. The number of benzene rings is 2. The first-order valence-corrected chi connectivity index (χ1v) is 9.77. The molecule has 0 saturated carbocycles. The average molecular weight is 482 g/mol. The summed E-state index contributed by atoms with van der Waals surface area (Å²) < 4.78 is 15.7. The van der Waals surface area contributed by atoms with Gasteiger partial charge < -0.3 is 0 Å². The summed E-state index contributed by atoms with van der Waals surface area (Å²) in [5.41, 5.74) is -0.101. The van der Waals surface area contributed by atoms with Gasteiger partial charge in [-0.05, 0) is 42.0 Å². The van der Waals surface area contributed by atoms with Crippen molar-refractivity contribution in [3.05, 3.63) is 97.4 Å². The van der Waals surface area contributed by atoms with Crippen LogP contribution in [0.25, 0.3) is 0 Å². The maximum Gasteiger partial charge on any atom is 0.278 e. The summed E-state index contributed by atoms with van der Waals surface area (Å²) in [4.78, 5) is 17.1. The minimum absolute atomic E-state index is 0.0413. The molecule has 28 heavy (non-hydrogen) atoms. The molecule has 2 heterocycles. The van der Waals surface area contributed by atoms with Gasteiger partial charge in [-0.2, -0.15) is 0 Å². The second-order valence-electron chi connectivity index (χ2n) is 6.44. The number of hydrogen-bond acceptors (Lipinski definition) is 3. The first-order chi connectivity index (χ1) is 13.3. The van der Waals surface area contributed by atoms with Crippen LogP contribution in [0.15, 0.2) is 59.2 Å². The quantitative estimate of drug-likeness (QED) is 0.494. The monoisotopic (exact) mass is 480 g/mol. The van der Waals surface area contributed by atoms with Crippen LogP contribution in [-0.2, 0) is 12.0 Å². The molecule has 8 heteroatoms. The minimum atomic E-state index is -1.50. The third kappa shape index (κ3) is 3.01. The molecule has 1 aliphatic heterocycles. The lowest BCUT2D eigenvalue weighted by Gasteiger charge is -2.35. The molecule has 2 aromatic carbocycles. The van der Waals surface area contributed by atoms with Crippen LogP contribution in [0.3, 0.4) is 0 Å². The first kappa shape index (κ1) is 19.3. The molecular formula is C20H12BrCl2FN2O2. The molecule has 4 rings (SSSR count). The number of fused-ring (bicyclic) bond motifs is 1. The molecule has 1 aliphatic rings. The lowest BCUT2D eigenvalue weighted by Crippen LogP contribution is -2.45. The van der Waals surface area contributed by atoms with E-state index in [1.807, 2.05) is 0 Å². The van der Waals surface area contributed by atoms with E-state index in [9.17, 15) is 10.0 Å². The fraction of sp³-hybridized carbons (Fsp3) is 0.100. The zero-order valence-electron chi connectivity index (χ0n) is 14.2. The molecule has 1 aromatic heterocycles. The van der Waals surface area contributed by atoms with E-state index in [1.165, 1.54) is 18.3 Å². The van der Waals surface area contributed by atoms with Crippen LogP contribution >= 0.6 is 39.1 Å². The van der Waals surface area contributed by atoms with E-state index in [-0.39, 0.29) is 22.6 Å². The Morgan fingerprint density at radius 3 is 2.46 bits per heavy atom. The van der Waals surface area contributed by atoms with Crippen LogP contribution < -0.4 is 0 Å². The van der Waals surface area contributed by atoms with Crippen molar-refractivity contribution >= 4 is 45.0 Å². The van der Waals surface area contributed by atoms with E-state index in [4.69, 9.17) is 23.2 Å². The highest BCUT2D eigenvalue weighted by molar-refractivity contribution is 9.10. The van der Waals surface area contributed by atoms with Gasteiger partial charge in [0.15, 0.2) is 0 Å². The summed E-state index contributed by atoms with van der Waals surface area (Å²) >= 11 is 15.2. The Balaban J connectivity index is 2.00. The van der Waals surface area contributed by atoms with E-state index >= 15 is 4.39 Å². The molecule has 0 aliphatic carbocycles. The predicted molar refractivity (Wildman–Crippen MR) is 107 cm³/mol. The van der Waals surface area contributed by atoms with Crippen LogP contribution in [-0.4, -0.2) is 21.2 Å². The lowest BCUT2D eigenvalue weighted by atomic mass is 9.79.